The summed E-state index contributed by atoms with van der Waals surface area (Å²) < 4.78 is 35.5. The van der Waals surface area contributed by atoms with Crippen molar-refractivity contribution in [2.24, 2.45) is 0 Å². The van der Waals surface area contributed by atoms with Gasteiger partial charge in [0.05, 0.1) is 0 Å². The zero-order chi connectivity index (χ0) is 14.6. The lowest BCUT2D eigenvalue weighted by Gasteiger charge is -2.20. The fourth-order valence-electron chi connectivity index (χ4n) is 1.45. The van der Waals surface area contributed by atoms with Crippen LogP contribution in [0.4, 0.5) is 13.2 Å². The predicted molar refractivity (Wildman–Crippen MR) is 56.1 cm³/mol. The van der Waals surface area contributed by atoms with Crippen LogP contribution in [0.3, 0.4) is 0 Å². The van der Waals surface area contributed by atoms with Gasteiger partial charge in [-0.05, 0) is 12.8 Å². The fourth-order valence-corrected chi connectivity index (χ4v) is 1.45. The summed E-state index contributed by atoms with van der Waals surface area (Å²) in [7, 11) is 0. The SMILES string of the molecule is O=C(O)CN(C(=O)CC(=O)NCC(F)(F)F)C1CC1. The number of nitrogens with one attached hydrogen (secondary N) is 1. The second-order valence-electron chi connectivity index (χ2n) is 4.22. The lowest BCUT2D eigenvalue weighted by Crippen LogP contribution is -2.41. The van der Waals surface area contributed by atoms with Crippen LogP contribution in [0.1, 0.15) is 19.3 Å². The summed E-state index contributed by atoms with van der Waals surface area (Å²) in [5.41, 5.74) is 0. The van der Waals surface area contributed by atoms with Gasteiger partial charge in [-0.3, -0.25) is 14.4 Å². The molecule has 1 fully saturated rings. The van der Waals surface area contributed by atoms with Crippen LogP contribution in [-0.4, -0.2) is 53.1 Å². The summed E-state index contributed by atoms with van der Waals surface area (Å²) in [6.07, 6.45) is -4.04. The summed E-state index contributed by atoms with van der Waals surface area (Å²) in [6, 6.07) is -0.223. The lowest BCUT2D eigenvalue weighted by molar-refractivity contribution is -0.148. The van der Waals surface area contributed by atoms with E-state index in [1.807, 2.05) is 0 Å². The van der Waals surface area contributed by atoms with Gasteiger partial charge < -0.3 is 15.3 Å². The largest absolute Gasteiger partial charge is 0.480 e. The minimum absolute atomic E-state index is 0.223. The highest BCUT2D eigenvalue weighted by atomic mass is 19.4. The molecule has 9 heteroatoms. The van der Waals surface area contributed by atoms with Crippen LogP contribution in [-0.2, 0) is 14.4 Å². The lowest BCUT2D eigenvalue weighted by atomic mass is 10.3. The third-order valence-corrected chi connectivity index (χ3v) is 2.41. The molecule has 19 heavy (non-hydrogen) atoms. The molecule has 2 amide bonds. The molecule has 2 N–H and O–H groups in total. The Hall–Kier alpha value is -1.80. The molecule has 0 heterocycles. The Morgan fingerprint density at radius 1 is 1.26 bits per heavy atom. The number of aliphatic carboxylic acids is 1. The van der Waals surface area contributed by atoms with Crippen LogP contribution in [0, 0.1) is 0 Å². The summed E-state index contributed by atoms with van der Waals surface area (Å²) >= 11 is 0. The molecule has 1 saturated carbocycles. The van der Waals surface area contributed by atoms with Crippen molar-refractivity contribution in [3.8, 4) is 0 Å². The summed E-state index contributed by atoms with van der Waals surface area (Å²) in [4.78, 5) is 34.3. The molecule has 0 atom stereocenters. The summed E-state index contributed by atoms with van der Waals surface area (Å²) in [5.74, 6) is -3.07. The predicted octanol–water partition coefficient (Wildman–Crippen LogP) is 0.131. The number of carboxylic acid groups (broad SMARTS) is 1. The van der Waals surface area contributed by atoms with Crippen LogP contribution in [0.5, 0.6) is 0 Å². The van der Waals surface area contributed by atoms with Crippen LogP contribution >= 0.6 is 0 Å². The molecule has 0 aromatic rings. The van der Waals surface area contributed by atoms with Crippen molar-refractivity contribution >= 4 is 17.8 Å². The van der Waals surface area contributed by atoms with Crippen molar-refractivity contribution < 1.29 is 32.7 Å². The Bertz CT molecular complexity index is 379. The second-order valence-corrected chi connectivity index (χ2v) is 4.22. The molecule has 0 aromatic heterocycles. The average molecular weight is 282 g/mol. The van der Waals surface area contributed by atoms with Crippen LogP contribution < -0.4 is 5.32 Å². The number of carbonyl (C=O) groups excluding carboxylic acids is 2. The molecule has 1 aliphatic rings. The maximum Gasteiger partial charge on any atom is 0.405 e. The molecule has 0 bridgehead atoms. The van der Waals surface area contributed by atoms with Crippen molar-refractivity contribution in [2.45, 2.75) is 31.5 Å². The molecule has 0 spiro atoms. The topological polar surface area (TPSA) is 86.7 Å². The molecule has 108 valence electrons. The molecule has 0 radical (unpaired) electrons. The Kier molecular flexibility index (Phi) is 4.73. The molecule has 1 aliphatic carbocycles. The molecular formula is C10H13F3N2O4. The van der Waals surface area contributed by atoms with Crippen molar-refractivity contribution in [3.63, 3.8) is 0 Å². The van der Waals surface area contributed by atoms with Crippen LogP contribution in [0.15, 0.2) is 0 Å². The van der Waals surface area contributed by atoms with Gasteiger partial charge in [-0.2, -0.15) is 13.2 Å². The van der Waals surface area contributed by atoms with Crippen molar-refractivity contribution in [1.82, 2.24) is 10.2 Å². The van der Waals surface area contributed by atoms with Gasteiger partial charge in [-0.25, -0.2) is 0 Å². The maximum atomic E-state index is 11.8. The van der Waals surface area contributed by atoms with Gasteiger partial charge in [0.25, 0.3) is 0 Å². The first-order valence-electron chi connectivity index (χ1n) is 5.54. The minimum Gasteiger partial charge on any atom is -0.480 e. The van der Waals surface area contributed by atoms with Gasteiger partial charge in [-0.1, -0.05) is 0 Å². The van der Waals surface area contributed by atoms with E-state index in [2.05, 4.69) is 0 Å². The number of carboxylic acids is 1. The number of hydrogen-bond donors (Lipinski definition) is 2. The number of alkyl halides is 3. The fraction of sp³-hybridized carbons (Fsp3) is 0.700. The number of nitrogens with zero attached hydrogens (tertiary/aromatic N) is 1. The first-order chi connectivity index (χ1) is 8.69. The third-order valence-electron chi connectivity index (χ3n) is 2.41. The van der Waals surface area contributed by atoms with Gasteiger partial charge in [0.15, 0.2) is 0 Å². The van der Waals surface area contributed by atoms with E-state index in [0.717, 1.165) is 4.90 Å². The monoisotopic (exact) mass is 282 g/mol. The van der Waals surface area contributed by atoms with Gasteiger partial charge in [0.1, 0.15) is 19.5 Å². The van der Waals surface area contributed by atoms with Gasteiger partial charge in [0, 0.05) is 6.04 Å². The zero-order valence-corrected chi connectivity index (χ0v) is 9.87. The highest BCUT2D eigenvalue weighted by molar-refractivity contribution is 5.98. The van der Waals surface area contributed by atoms with Crippen LogP contribution in [0.25, 0.3) is 0 Å². The van der Waals surface area contributed by atoms with E-state index in [1.165, 1.54) is 0 Å². The Balaban J connectivity index is 2.43. The molecule has 1 rings (SSSR count). The Morgan fingerprint density at radius 2 is 1.84 bits per heavy atom. The highest BCUT2D eigenvalue weighted by Crippen LogP contribution is 2.27. The van der Waals surface area contributed by atoms with Crippen molar-refractivity contribution in [1.29, 1.82) is 0 Å². The van der Waals surface area contributed by atoms with Crippen molar-refractivity contribution in [2.75, 3.05) is 13.1 Å². The quantitative estimate of drug-likeness (QED) is 0.678. The van der Waals surface area contributed by atoms with Crippen LogP contribution in [0.2, 0.25) is 0 Å². The van der Waals surface area contributed by atoms with E-state index in [1.54, 1.807) is 5.32 Å². The Labute approximate surface area is 106 Å². The maximum absolute atomic E-state index is 11.8. The van der Waals surface area contributed by atoms with E-state index < -0.39 is 43.5 Å². The summed E-state index contributed by atoms with van der Waals surface area (Å²) in [5, 5.41) is 10.2. The number of hydrogen-bond acceptors (Lipinski definition) is 3. The number of rotatable bonds is 6. The number of carbonyl (C=O) groups is 3. The number of halogens is 3. The summed E-state index contributed by atoms with van der Waals surface area (Å²) in [6.45, 7) is -2.06. The number of amides is 2. The van der Waals surface area contributed by atoms with Crippen molar-refractivity contribution in [3.05, 3.63) is 0 Å². The van der Waals surface area contributed by atoms with Gasteiger partial charge in [-0.15, -0.1) is 0 Å². The van der Waals surface area contributed by atoms with E-state index in [4.69, 9.17) is 5.11 Å². The zero-order valence-electron chi connectivity index (χ0n) is 9.87. The molecule has 0 aromatic carbocycles. The van der Waals surface area contributed by atoms with Gasteiger partial charge in [0.2, 0.25) is 11.8 Å². The highest BCUT2D eigenvalue weighted by Gasteiger charge is 2.35. The van der Waals surface area contributed by atoms with E-state index >= 15 is 0 Å². The minimum atomic E-state index is -4.55. The third kappa shape index (κ3) is 6.07. The normalized spacial score (nSPS) is 14.9. The molecule has 6 nitrogen and oxygen atoms in total. The molecule has 0 aliphatic heterocycles. The molecular weight excluding hydrogens is 269 g/mol. The van der Waals surface area contributed by atoms with E-state index in [0.29, 0.717) is 12.8 Å². The first-order valence-corrected chi connectivity index (χ1v) is 5.54. The standard InChI is InChI=1S/C10H13F3N2O4/c11-10(12,13)5-14-7(16)3-8(17)15(4-9(18)19)6-1-2-6/h6H,1-5H2,(H,14,16)(H,18,19). The first kappa shape index (κ1) is 15.3. The Morgan fingerprint density at radius 3 is 2.26 bits per heavy atom. The average Bonchev–Trinajstić information content (AvgIpc) is 3.05. The molecule has 0 unspecified atom stereocenters. The van der Waals surface area contributed by atoms with Gasteiger partial charge >= 0.3 is 12.1 Å². The van der Waals surface area contributed by atoms with E-state index in [9.17, 15) is 27.6 Å². The molecule has 0 saturated heterocycles. The second kappa shape index (κ2) is 5.89. The smallest absolute Gasteiger partial charge is 0.405 e. The van der Waals surface area contributed by atoms with E-state index in [-0.39, 0.29) is 6.04 Å².